The molecule has 2 fully saturated rings. The highest BCUT2D eigenvalue weighted by atomic mass is 16.2. The van der Waals surface area contributed by atoms with E-state index in [4.69, 9.17) is 0 Å². The normalized spacial score (nSPS) is 23.8. The maximum atomic E-state index is 12.0. The molecule has 0 N–H and O–H groups in total. The Kier molecular flexibility index (Phi) is 3.22. The second-order valence-electron chi connectivity index (χ2n) is 5.61. The van der Waals surface area contributed by atoms with E-state index in [9.17, 15) is 4.79 Å². The number of hydrogen-bond donors (Lipinski definition) is 0. The molecule has 2 heterocycles. The molecule has 0 atom stereocenters. The van der Waals surface area contributed by atoms with Crippen molar-refractivity contribution in [1.82, 2.24) is 14.7 Å². The van der Waals surface area contributed by atoms with Gasteiger partial charge in [-0.3, -0.25) is 9.69 Å². The molecule has 0 radical (unpaired) electrons. The largest absolute Gasteiger partial charge is 0.339 e. The van der Waals surface area contributed by atoms with E-state index in [2.05, 4.69) is 37.7 Å². The van der Waals surface area contributed by atoms with Crippen molar-refractivity contribution in [3.05, 3.63) is 0 Å². The lowest BCUT2D eigenvalue weighted by molar-refractivity contribution is -0.148. The van der Waals surface area contributed by atoms with E-state index in [0.29, 0.717) is 18.0 Å². The van der Waals surface area contributed by atoms with Gasteiger partial charge in [-0.05, 0) is 27.9 Å². The highest BCUT2D eigenvalue weighted by Gasteiger charge is 2.40. The minimum Gasteiger partial charge on any atom is -0.339 e. The van der Waals surface area contributed by atoms with E-state index in [1.807, 2.05) is 4.90 Å². The third-order valence-electron chi connectivity index (χ3n) is 3.89. The molecule has 92 valence electrons. The van der Waals surface area contributed by atoms with Gasteiger partial charge in [0.1, 0.15) is 0 Å². The summed E-state index contributed by atoms with van der Waals surface area (Å²) in [4.78, 5) is 18.6. The molecule has 0 aromatic heterocycles. The number of likely N-dealkylation sites (N-methyl/N-ethyl adjacent to an activating group) is 1. The van der Waals surface area contributed by atoms with E-state index in [1.165, 1.54) is 0 Å². The van der Waals surface area contributed by atoms with Crippen molar-refractivity contribution in [1.29, 1.82) is 0 Å². The Balaban J connectivity index is 1.72. The molecule has 0 aromatic rings. The predicted molar refractivity (Wildman–Crippen MR) is 64.3 cm³/mol. The third-order valence-corrected chi connectivity index (χ3v) is 3.89. The molecule has 1 amide bonds. The van der Waals surface area contributed by atoms with Gasteiger partial charge in [0.05, 0.1) is 5.92 Å². The molecule has 0 aromatic carbocycles. The highest BCUT2D eigenvalue weighted by molar-refractivity contribution is 5.81. The lowest BCUT2D eigenvalue weighted by Crippen LogP contribution is -2.64. The summed E-state index contributed by atoms with van der Waals surface area (Å²) < 4.78 is 0. The summed E-state index contributed by atoms with van der Waals surface area (Å²) in [5, 5.41) is 0. The number of likely N-dealkylation sites (tertiary alicyclic amines) is 2. The minimum absolute atomic E-state index is 0.269. The molecule has 2 aliphatic rings. The quantitative estimate of drug-likeness (QED) is 0.681. The average Bonchev–Trinajstić information content (AvgIpc) is 1.95. The van der Waals surface area contributed by atoms with Crippen molar-refractivity contribution in [3.8, 4) is 0 Å². The van der Waals surface area contributed by atoms with Crippen LogP contribution in [0.15, 0.2) is 0 Å². The van der Waals surface area contributed by atoms with Crippen LogP contribution in [0.2, 0.25) is 0 Å². The molecule has 2 rings (SSSR count). The fourth-order valence-electron chi connectivity index (χ4n) is 2.31. The zero-order valence-electron chi connectivity index (χ0n) is 10.8. The SMILES string of the molecule is CC(C)N1CC(C(=O)N2CC(N(C)C)C2)C1. The summed E-state index contributed by atoms with van der Waals surface area (Å²) in [7, 11) is 4.16. The number of nitrogens with zero attached hydrogens (tertiary/aromatic N) is 3. The third kappa shape index (κ3) is 2.09. The Bertz CT molecular complexity index is 239. The lowest BCUT2D eigenvalue weighted by atomic mass is 9.94. The molecule has 2 aliphatic heterocycles. The van der Waals surface area contributed by atoms with Crippen LogP contribution in [0.4, 0.5) is 0 Å². The van der Waals surface area contributed by atoms with Gasteiger partial charge < -0.3 is 9.80 Å². The fourth-order valence-corrected chi connectivity index (χ4v) is 2.31. The van der Waals surface area contributed by atoms with Gasteiger partial charge >= 0.3 is 0 Å². The molecular weight excluding hydrogens is 202 g/mol. The maximum absolute atomic E-state index is 12.0. The van der Waals surface area contributed by atoms with Gasteiger partial charge in [0.25, 0.3) is 0 Å². The molecule has 0 aliphatic carbocycles. The predicted octanol–water partition coefficient (Wildman–Crippen LogP) is 0.0990. The van der Waals surface area contributed by atoms with Crippen LogP contribution < -0.4 is 0 Å². The molecule has 0 spiro atoms. The number of carbonyl (C=O) groups is 1. The van der Waals surface area contributed by atoms with Crippen molar-refractivity contribution < 1.29 is 4.79 Å². The number of amides is 1. The summed E-state index contributed by atoms with van der Waals surface area (Å²) in [6, 6.07) is 1.15. The molecule has 4 nitrogen and oxygen atoms in total. The summed E-state index contributed by atoms with van der Waals surface area (Å²) in [6.45, 7) is 8.13. The second kappa shape index (κ2) is 4.34. The summed E-state index contributed by atoms with van der Waals surface area (Å²) in [5.41, 5.74) is 0. The van der Waals surface area contributed by atoms with Gasteiger partial charge in [0, 0.05) is 38.3 Å². The van der Waals surface area contributed by atoms with Crippen LogP contribution in [-0.2, 0) is 4.79 Å². The number of carbonyl (C=O) groups excluding carboxylic acids is 1. The fraction of sp³-hybridized carbons (Fsp3) is 0.917. The van der Waals surface area contributed by atoms with E-state index < -0.39 is 0 Å². The van der Waals surface area contributed by atoms with Crippen molar-refractivity contribution in [2.75, 3.05) is 40.3 Å². The Morgan fingerprint density at radius 3 is 2.19 bits per heavy atom. The van der Waals surface area contributed by atoms with E-state index >= 15 is 0 Å². The average molecular weight is 225 g/mol. The monoisotopic (exact) mass is 225 g/mol. The lowest BCUT2D eigenvalue weighted by Gasteiger charge is -2.48. The zero-order valence-corrected chi connectivity index (χ0v) is 10.8. The smallest absolute Gasteiger partial charge is 0.228 e. The van der Waals surface area contributed by atoms with E-state index in [0.717, 1.165) is 26.2 Å². The topological polar surface area (TPSA) is 26.8 Å². The maximum Gasteiger partial charge on any atom is 0.228 e. The van der Waals surface area contributed by atoms with Crippen LogP contribution in [0, 0.1) is 5.92 Å². The van der Waals surface area contributed by atoms with Crippen LogP contribution in [0.25, 0.3) is 0 Å². The zero-order chi connectivity index (χ0) is 11.9. The first-order chi connectivity index (χ1) is 7.49. The molecule has 0 saturated carbocycles. The molecule has 4 heteroatoms. The Labute approximate surface area is 98.2 Å². The first-order valence-corrected chi connectivity index (χ1v) is 6.18. The van der Waals surface area contributed by atoms with Gasteiger partial charge in [0.15, 0.2) is 0 Å². The highest BCUT2D eigenvalue weighted by Crippen LogP contribution is 2.23. The standard InChI is InChI=1S/C12H23N3O/c1-9(2)14-5-10(6-14)12(16)15-7-11(8-15)13(3)4/h9-11H,5-8H2,1-4H3. The van der Waals surface area contributed by atoms with E-state index in [-0.39, 0.29) is 5.92 Å². The molecule has 0 bridgehead atoms. The summed E-state index contributed by atoms with van der Waals surface area (Å²) >= 11 is 0. The Hall–Kier alpha value is -0.610. The van der Waals surface area contributed by atoms with Crippen LogP contribution in [-0.4, -0.2) is 73.0 Å². The van der Waals surface area contributed by atoms with Crippen LogP contribution in [0.5, 0.6) is 0 Å². The van der Waals surface area contributed by atoms with E-state index in [1.54, 1.807) is 0 Å². The van der Waals surface area contributed by atoms with Gasteiger partial charge in [-0.2, -0.15) is 0 Å². The van der Waals surface area contributed by atoms with Gasteiger partial charge in [-0.15, -0.1) is 0 Å². The second-order valence-corrected chi connectivity index (χ2v) is 5.61. The van der Waals surface area contributed by atoms with Gasteiger partial charge in [0.2, 0.25) is 5.91 Å². The van der Waals surface area contributed by atoms with Crippen molar-refractivity contribution in [2.24, 2.45) is 5.92 Å². The van der Waals surface area contributed by atoms with Gasteiger partial charge in [-0.25, -0.2) is 0 Å². The van der Waals surface area contributed by atoms with Crippen LogP contribution in [0.1, 0.15) is 13.8 Å². The summed E-state index contributed by atoms with van der Waals surface area (Å²) in [6.07, 6.45) is 0. The summed E-state index contributed by atoms with van der Waals surface area (Å²) in [5.74, 6) is 0.639. The van der Waals surface area contributed by atoms with Crippen molar-refractivity contribution in [3.63, 3.8) is 0 Å². The Morgan fingerprint density at radius 2 is 1.75 bits per heavy atom. The minimum atomic E-state index is 0.269. The number of rotatable bonds is 3. The Morgan fingerprint density at radius 1 is 1.19 bits per heavy atom. The number of hydrogen-bond acceptors (Lipinski definition) is 3. The first kappa shape index (κ1) is 11.9. The first-order valence-electron chi connectivity index (χ1n) is 6.18. The van der Waals surface area contributed by atoms with Crippen LogP contribution >= 0.6 is 0 Å². The molecule has 16 heavy (non-hydrogen) atoms. The molecule has 2 saturated heterocycles. The molecule has 0 unspecified atom stereocenters. The molecular formula is C12H23N3O. The van der Waals surface area contributed by atoms with Crippen molar-refractivity contribution in [2.45, 2.75) is 25.9 Å². The van der Waals surface area contributed by atoms with Crippen molar-refractivity contribution >= 4 is 5.91 Å². The van der Waals surface area contributed by atoms with Gasteiger partial charge in [-0.1, -0.05) is 0 Å². The van der Waals surface area contributed by atoms with Crippen LogP contribution in [0.3, 0.4) is 0 Å².